The molecular formula is C18H27N3O3. The van der Waals surface area contributed by atoms with Crippen molar-refractivity contribution in [1.82, 2.24) is 10.2 Å². The summed E-state index contributed by atoms with van der Waals surface area (Å²) >= 11 is 0. The molecule has 6 nitrogen and oxygen atoms in total. The van der Waals surface area contributed by atoms with Crippen molar-refractivity contribution in [2.45, 2.75) is 32.8 Å². The minimum atomic E-state index is -0.357. The Hall–Kier alpha value is -2.08. The Morgan fingerprint density at radius 2 is 1.96 bits per heavy atom. The van der Waals surface area contributed by atoms with Gasteiger partial charge in [0.15, 0.2) is 0 Å². The quantitative estimate of drug-likeness (QED) is 0.747. The van der Waals surface area contributed by atoms with Gasteiger partial charge in [-0.1, -0.05) is 12.5 Å². The lowest BCUT2D eigenvalue weighted by Crippen LogP contribution is -2.37. The highest BCUT2D eigenvalue weighted by Gasteiger charge is 2.14. The van der Waals surface area contributed by atoms with E-state index in [1.54, 1.807) is 13.1 Å². The zero-order chi connectivity index (χ0) is 17.4. The number of nitrogens with zero attached hydrogens (tertiary/aromatic N) is 1. The summed E-state index contributed by atoms with van der Waals surface area (Å²) in [6, 6.07) is 5.47. The maximum absolute atomic E-state index is 12.5. The predicted molar refractivity (Wildman–Crippen MR) is 94.1 cm³/mol. The molecule has 1 aromatic rings. The summed E-state index contributed by atoms with van der Waals surface area (Å²) in [5.74, 6) is -0.490. The number of likely N-dealkylation sites (tertiary alicyclic amines) is 1. The molecule has 0 aliphatic carbocycles. The van der Waals surface area contributed by atoms with Gasteiger partial charge in [-0.2, -0.15) is 0 Å². The molecular weight excluding hydrogens is 306 g/mol. The van der Waals surface area contributed by atoms with E-state index in [4.69, 9.17) is 4.74 Å². The van der Waals surface area contributed by atoms with E-state index in [0.29, 0.717) is 17.7 Å². The number of carbonyl (C=O) groups excluding carboxylic acids is 2. The smallest absolute Gasteiger partial charge is 0.302 e. The number of carbonyl (C=O) groups is 2. The van der Waals surface area contributed by atoms with Gasteiger partial charge in [0.2, 0.25) is 0 Å². The Kier molecular flexibility index (Phi) is 7.06. The van der Waals surface area contributed by atoms with Crippen LogP contribution in [0.3, 0.4) is 0 Å². The van der Waals surface area contributed by atoms with Gasteiger partial charge in [0.05, 0.1) is 0 Å². The number of anilines is 1. The van der Waals surface area contributed by atoms with Crippen molar-refractivity contribution in [2.24, 2.45) is 0 Å². The third kappa shape index (κ3) is 5.53. The molecule has 24 heavy (non-hydrogen) atoms. The summed E-state index contributed by atoms with van der Waals surface area (Å²) in [5, 5.41) is 6.00. The number of hydrogen-bond donors (Lipinski definition) is 2. The molecule has 1 aliphatic rings. The molecule has 0 spiro atoms. The number of hydrogen-bond acceptors (Lipinski definition) is 5. The van der Waals surface area contributed by atoms with Crippen LogP contribution >= 0.6 is 0 Å². The molecule has 1 saturated heterocycles. The van der Waals surface area contributed by atoms with Crippen molar-refractivity contribution in [3.63, 3.8) is 0 Å². The van der Waals surface area contributed by atoms with Crippen molar-refractivity contribution < 1.29 is 14.3 Å². The molecule has 1 aliphatic heterocycles. The summed E-state index contributed by atoms with van der Waals surface area (Å²) in [4.78, 5) is 25.9. The summed E-state index contributed by atoms with van der Waals surface area (Å²) in [6.45, 7) is 5.19. The monoisotopic (exact) mass is 333 g/mol. The number of nitrogens with one attached hydrogen (secondary N) is 2. The molecule has 0 aromatic heterocycles. The normalized spacial score (nSPS) is 14.9. The van der Waals surface area contributed by atoms with Gasteiger partial charge >= 0.3 is 5.97 Å². The molecule has 0 radical (unpaired) electrons. The Labute approximate surface area is 143 Å². The summed E-state index contributed by atoms with van der Waals surface area (Å²) in [5.41, 5.74) is 2.10. The van der Waals surface area contributed by atoms with E-state index in [1.165, 1.54) is 26.2 Å². The molecule has 2 N–H and O–H groups in total. The fraction of sp³-hybridized carbons (Fsp3) is 0.556. The van der Waals surface area contributed by atoms with Crippen LogP contribution < -0.4 is 10.6 Å². The van der Waals surface area contributed by atoms with Gasteiger partial charge in [-0.05, 0) is 38.1 Å². The van der Waals surface area contributed by atoms with Crippen molar-refractivity contribution >= 4 is 17.6 Å². The van der Waals surface area contributed by atoms with Crippen LogP contribution in [-0.4, -0.2) is 50.0 Å². The fourth-order valence-electron chi connectivity index (χ4n) is 2.85. The molecule has 1 heterocycles. The molecule has 1 amide bonds. The molecule has 2 rings (SSSR count). The third-order valence-corrected chi connectivity index (χ3v) is 4.24. The van der Waals surface area contributed by atoms with Crippen LogP contribution in [0.4, 0.5) is 5.69 Å². The first-order valence-electron chi connectivity index (χ1n) is 8.54. The first-order valence-corrected chi connectivity index (χ1v) is 8.54. The Balaban J connectivity index is 1.95. The van der Waals surface area contributed by atoms with Crippen LogP contribution in [0.25, 0.3) is 0 Å². The van der Waals surface area contributed by atoms with Gasteiger partial charge < -0.3 is 20.3 Å². The Morgan fingerprint density at radius 3 is 2.62 bits per heavy atom. The molecule has 0 unspecified atom stereocenters. The topological polar surface area (TPSA) is 70.7 Å². The molecule has 6 heteroatoms. The average Bonchev–Trinajstić information content (AvgIpc) is 2.60. The van der Waals surface area contributed by atoms with E-state index in [9.17, 15) is 9.59 Å². The van der Waals surface area contributed by atoms with E-state index in [1.807, 2.05) is 12.1 Å². The van der Waals surface area contributed by atoms with Gasteiger partial charge in [-0.15, -0.1) is 0 Å². The van der Waals surface area contributed by atoms with Crippen LogP contribution in [0.15, 0.2) is 18.2 Å². The van der Waals surface area contributed by atoms with Crippen LogP contribution in [0, 0.1) is 0 Å². The molecule has 1 aromatic carbocycles. The number of piperidine rings is 1. The van der Waals surface area contributed by atoms with Crippen LogP contribution in [0.1, 0.15) is 42.1 Å². The van der Waals surface area contributed by atoms with Gasteiger partial charge in [0, 0.05) is 43.9 Å². The van der Waals surface area contributed by atoms with Crippen LogP contribution in [0.2, 0.25) is 0 Å². The second kappa shape index (κ2) is 9.27. The summed E-state index contributed by atoms with van der Waals surface area (Å²) < 4.78 is 5.04. The number of ether oxygens (including phenoxy) is 1. The third-order valence-electron chi connectivity index (χ3n) is 4.24. The van der Waals surface area contributed by atoms with Gasteiger partial charge in [-0.3, -0.25) is 9.59 Å². The van der Waals surface area contributed by atoms with Crippen molar-refractivity contribution in [2.75, 3.05) is 38.5 Å². The van der Waals surface area contributed by atoms with Crippen molar-refractivity contribution in [3.8, 4) is 0 Å². The van der Waals surface area contributed by atoms with E-state index < -0.39 is 0 Å². The maximum Gasteiger partial charge on any atom is 0.302 e. The van der Waals surface area contributed by atoms with Gasteiger partial charge in [0.1, 0.15) is 6.61 Å². The largest absolute Gasteiger partial charge is 0.461 e. The Morgan fingerprint density at radius 1 is 1.21 bits per heavy atom. The molecule has 1 fully saturated rings. The Bertz CT molecular complexity index is 569. The van der Waals surface area contributed by atoms with E-state index in [2.05, 4.69) is 15.5 Å². The van der Waals surface area contributed by atoms with Crippen LogP contribution in [-0.2, 0) is 16.1 Å². The number of benzene rings is 1. The molecule has 0 atom stereocenters. The first kappa shape index (κ1) is 18.3. The second-order valence-electron chi connectivity index (χ2n) is 6.06. The average molecular weight is 333 g/mol. The summed E-state index contributed by atoms with van der Waals surface area (Å²) in [7, 11) is 1.80. The van der Waals surface area contributed by atoms with Crippen molar-refractivity contribution in [3.05, 3.63) is 29.3 Å². The second-order valence-corrected chi connectivity index (χ2v) is 6.06. The number of esters is 1. The van der Waals surface area contributed by atoms with E-state index in [-0.39, 0.29) is 18.5 Å². The zero-order valence-corrected chi connectivity index (χ0v) is 14.6. The number of rotatable bonds is 7. The number of amides is 1. The van der Waals surface area contributed by atoms with E-state index >= 15 is 0 Å². The molecule has 0 saturated carbocycles. The summed E-state index contributed by atoms with van der Waals surface area (Å²) in [6.07, 6.45) is 3.79. The predicted octanol–water partition coefficient (Wildman–Crippen LogP) is 2.01. The zero-order valence-electron chi connectivity index (χ0n) is 14.6. The lowest BCUT2D eigenvalue weighted by Gasteiger charge is -2.26. The molecule has 132 valence electrons. The molecule has 0 bridgehead atoms. The van der Waals surface area contributed by atoms with Crippen LogP contribution in [0.5, 0.6) is 0 Å². The highest BCUT2D eigenvalue weighted by Crippen LogP contribution is 2.17. The van der Waals surface area contributed by atoms with Gasteiger partial charge in [0.25, 0.3) is 5.91 Å². The van der Waals surface area contributed by atoms with Crippen molar-refractivity contribution in [1.29, 1.82) is 0 Å². The minimum absolute atomic E-state index is 0.105. The van der Waals surface area contributed by atoms with E-state index in [0.717, 1.165) is 25.3 Å². The lowest BCUT2D eigenvalue weighted by atomic mass is 10.1. The standard InChI is InChI=1S/C18H27N3O3/c1-14(22)24-13-15-6-7-16(19-2)12-17(15)18(23)20-8-11-21-9-4-3-5-10-21/h6-7,12,19H,3-5,8-11,13H2,1-2H3,(H,20,23). The highest BCUT2D eigenvalue weighted by atomic mass is 16.5. The first-order chi connectivity index (χ1) is 11.6. The fourth-order valence-corrected chi connectivity index (χ4v) is 2.85. The minimum Gasteiger partial charge on any atom is -0.461 e. The van der Waals surface area contributed by atoms with Gasteiger partial charge in [-0.25, -0.2) is 0 Å². The lowest BCUT2D eigenvalue weighted by molar-refractivity contribution is -0.142. The SMILES string of the molecule is CNc1ccc(COC(C)=O)c(C(=O)NCCN2CCCCC2)c1. The highest BCUT2D eigenvalue weighted by molar-refractivity contribution is 5.96. The maximum atomic E-state index is 12.5.